The van der Waals surface area contributed by atoms with Gasteiger partial charge in [0.1, 0.15) is 6.26 Å². The highest BCUT2D eigenvalue weighted by molar-refractivity contribution is 7.11. The van der Waals surface area contributed by atoms with E-state index in [4.69, 9.17) is 9.52 Å². The molecule has 0 fully saturated rings. The summed E-state index contributed by atoms with van der Waals surface area (Å²) >= 11 is 1.48. The number of thiazole rings is 1. The third kappa shape index (κ3) is 2.75. The van der Waals surface area contributed by atoms with Crippen LogP contribution in [0.15, 0.2) is 22.9 Å². The number of carbonyl (C=O) groups is 2. The Morgan fingerprint density at radius 1 is 1.56 bits per heavy atom. The summed E-state index contributed by atoms with van der Waals surface area (Å²) in [6.07, 6.45) is 2.72. The van der Waals surface area contributed by atoms with Crippen LogP contribution in [-0.4, -0.2) is 22.0 Å². The fourth-order valence-corrected chi connectivity index (χ4v) is 2.04. The fourth-order valence-electron chi connectivity index (χ4n) is 1.31. The van der Waals surface area contributed by atoms with E-state index >= 15 is 0 Å². The van der Waals surface area contributed by atoms with Crippen molar-refractivity contribution in [2.75, 3.05) is 0 Å². The summed E-state index contributed by atoms with van der Waals surface area (Å²) in [5.74, 6) is -1.60. The largest absolute Gasteiger partial charge is 0.478 e. The lowest BCUT2D eigenvalue weighted by Gasteiger charge is -1.99. The van der Waals surface area contributed by atoms with E-state index in [0.717, 1.165) is 16.1 Å². The SMILES string of the molecule is Cc1ncc(CNC(=O)c2cc(C(=O)O)co2)s1. The molecule has 6 nitrogen and oxygen atoms in total. The van der Waals surface area contributed by atoms with Gasteiger partial charge in [-0.25, -0.2) is 9.78 Å². The Labute approximate surface area is 106 Å². The molecule has 0 saturated heterocycles. The first-order valence-corrected chi connectivity index (χ1v) is 5.89. The van der Waals surface area contributed by atoms with Crippen LogP contribution < -0.4 is 5.32 Å². The molecule has 0 radical (unpaired) electrons. The molecule has 2 heterocycles. The molecule has 2 rings (SSSR count). The predicted octanol–water partition coefficient (Wildman–Crippen LogP) is 1.67. The highest BCUT2D eigenvalue weighted by atomic mass is 32.1. The summed E-state index contributed by atoms with van der Waals surface area (Å²) in [6.45, 7) is 2.22. The van der Waals surface area contributed by atoms with Crippen molar-refractivity contribution in [3.63, 3.8) is 0 Å². The third-order valence-corrected chi connectivity index (χ3v) is 3.08. The second-order valence-corrected chi connectivity index (χ2v) is 4.85. The number of carboxylic acid groups (broad SMARTS) is 1. The first-order valence-electron chi connectivity index (χ1n) is 5.07. The molecule has 2 aromatic heterocycles. The van der Waals surface area contributed by atoms with Gasteiger partial charge in [-0.05, 0) is 6.92 Å². The molecule has 0 aliphatic rings. The summed E-state index contributed by atoms with van der Waals surface area (Å²) in [7, 11) is 0. The second-order valence-electron chi connectivity index (χ2n) is 3.53. The van der Waals surface area contributed by atoms with Gasteiger partial charge in [-0.2, -0.15) is 0 Å². The lowest BCUT2D eigenvalue weighted by Crippen LogP contribution is -2.21. The quantitative estimate of drug-likeness (QED) is 0.878. The number of rotatable bonds is 4. The molecule has 0 aliphatic heterocycles. The lowest BCUT2D eigenvalue weighted by molar-refractivity contribution is 0.0696. The van der Waals surface area contributed by atoms with Gasteiger partial charge in [-0.3, -0.25) is 4.79 Å². The number of nitrogens with zero attached hydrogens (tertiary/aromatic N) is 1. The molecule has 18 heavy (non-hydrogen) atoms. The summed E-state index contributed by atoms with van der Waals surface area (Å²) in [4.78, 5) is 27.3. The first kappa shape index (κ1) is 12.3. The van der Waals surface area contributed by atoms with E-state index in [0.29, 0.717) is 6.54 Å². The van der Waals surface area contributed by atoms with Crippen molar-refractivity contribution >= 4 is 23.2 Å². The number of carbonyl (C=O) groups excluding carboxylic acids is 1. The van der Waals surface area contributed by atoms with Gasteiger partial charge in [0.15, 0.2) is 5.76 Å². The minimum absolute atomic E-state index is 0.0198. The van der Waals surface area contributed by atoms with Crippen molar-refractivity contribution in [2.24, 2.45) is 0 Å². The molecule has 94 valence electrons. The number of aryl methyl sites for hydroxylation is 1. The van der Waals surface area contributed by atoms with E-state index in [-0.39, 0.29) is 11.3 Å². The average Bonchev–Trinajstić information content (AvgIpc) is 2.94. The van der Waals surface area contributed by atoms with Gasteiger partial charge in [-0.1, -0.05) is 0 Å². The van der Waals surface area contributed by atoms with Crippen LogP contribution in [0.3, 0.4) is 0 Å². The van der Waals surface area contributed by atoms with Crippen molar-refractivity contribution in [1.82, 2.24) is 10.3 Å². The fraction of sp³-hybridized carbons (Fsp3) is 0.182. The molecule has 0 bridgehead atoms. The molecule has 0 spiro atoms. The Hall–Kier alpha value is -2.15. The number of aromatic carboxylic acids is 1. The lowest BCUT2D eigenvalue weighted by atomic mass is 10.3. The molecule has 2 aromatic rings. The zero-order valence-corrected chi connectivity index (χ0v) is 10.3. The van der Waals surface area contributed by atoms with Crippen molar-refractivity contribution in [1.29, 1.82) is 0 Å². The summed E-state index contributed by atoms with van der Waals surface area (Å²) in [5.41, 5.74) is -0.0474. The highest BCUT2D eigenvalue weighted by Crippen LogP contribution is 2.12. The summed E-state index contributed by atoms with van der Waals surface area (Å²) in [6, 6.07) is 1.19. The molecular weight excluding hydrogens is 256 g/mol. The molecule has 0 atom stereocenters. The van der Waals surface area contributed by atoms with Gasteiger partial charge in [-0.15, -0.1) is 11.3 Å². The van der Waals surface area contributed by atoms with Crippen molar-refractivity contribution in [3.05, 3.63) is 39.7 Å². The minimum atomic E-state index is -1.13. The van der Waals surface area contributed by atoms with Crippen molar-refractivity contribution in [3.8, 4) is 0 Å². The van der Waals surface area contributed by atoms with Gasteiger partial charge in [0.25, 0.3) is 5.91 Å². The van der Waals surface area contributed by atoms with E-state index in [1.54, 1.807) is 6.20 Å². The number of amides is 1. The van der Waals surface area contributed by atoms with Gasteiger partial charge < -0.3 is 14.8 Å². The zero-order chi connectivity index (χ0) is 13.1. The number of furan rings is 1. The molecular formula is C11H10N2O4S. The Morgan fingerprint density at radius 2 is 2.33 bits per heavy atom. The van der Waals surface area contributed by atoms with Crippen LogP contribution in [0, 0.1) is 6.92 Å². The molecule has 0 aliphatic carbocycles. The molecule has 7 heteroatoms. The Morgan fingerprint density at radius 3 is 2.89 bits per heavy atom. The van der Waals surface area contributed by atoms with Gasteiger partial charge in [0.05, 0.1) is 17.1 Å². The Balaban J connectivity index is 1.97. The maximum Gasteiger partial charge on any atom is 0.338 e. The van der Waals surface area contributed by atoms with Crippen molar-refractivity contribution in [2.45, 2.75) is 13.5 Å². The maximum atomic E-state index is 11.6. The standard InChI is InChI=1S/C11H10N2O4S/c1-6-12-3-8(18-6)4-13-10(14)9-2-7(5-17-9)11(15)16/h2-3,5H,4H2,1H3,(H,13,14)(H,15,16). The van der Waals surface area contributed by atoms with Crippen LogP contribution in [0.1, 0.15) is 30.8 Å². The molecule has 0 saturated carbocycles. The Bertz CT molecular complexity index is 587. The normalized spacial score (nSPS) is 10.3. The topological polar surface area (TPSA) is 92.4 Å². The van der Waals surface area contributed by atoms with Gasteiger partial charge in [0.2, 0.25) is 0 Å². The van der Waals surface area contributed by atoms with Gasteiger partial charge in [0, 0.05) is 17.1 Å². The first-order chi connectivity index (χ1) is 8.56. The van der Waals surface area contributed by atoms with Crippen LogP contribution in [0.5, 0.6) is 0 Å². The molecule has 0 unspecified atom stereocenters. The van der Waals surface area contributed by atoms with Crippen LogP contribution in [0.4, 0.5) is 0 Å². The van der Waals surface area contributed by atoms with E-state index in [2.05, 4.69) is 10.3 Å². The van der Waals surface area contributed by atoms with Crippen molar-refractivity contribution < 1.29 is 19.1 Å². The van der Waals surface area contributed by atoms with E-state index < -0.39 is 11.9 Å². The third-order valence-electron chi connectivity index (χ3n) is 2.16. The average molecular weight is 266 g/mol. The molecule has 2 N–H and O–H groups in total. The van der Waals surface area contributed by atoms with E-state index in [1.165, 1.54) is 17.4 Å². The summed E-state index contributed by atoms with van der Waals surface area (Å²) < 4.78 is 4.88. The zero-order valence-electron chi connectivity index (χ0n) is 9.47. The monoisotopic (exact) mass is 266 g/mol. The predicted molar refractivity (Wildman–Crippen MR) is 63.7 cm³/mol. The number of aromatic nitrogens is 1. The number of nitrogens with one attached hydrogen (secondary N) is 1. The Kier molecular flexibility index (Phi) is 3.42. The van der Waals surface area contributed by atoms with Crippen LogP contribution >= 0.6 is 11.3 Å². The number of hydrogen-bond donors (Lipinski definition) is 2. The van der Waals surface area contributed by atoms with Crippen LogP contribution in [0.2, 0.25) is 0 Å². The second kappa shape index (κ2) is 5.01. The summed E-state index contributed by atoms with van der Waals surface area (Å²) in [5, 5.41) is 12.2. The molecule has 0 aromatic carbocycles. The highest BCUT2D eigenvalue weighted by Gasteiger charge is 2.14. The molecule has 1 amide bonds. The van der Waals surface area contributed by atoms with Crippen LogP contribution in [-0.2, 0) is 6.54 Å². The minimum Gasteiger partial charge on any atom is -0.478 e. The maximum absolute atomic E-state index is 11.6. The number of carboxylic acids is 1. The smallest absolute Gasteiger partial charge is 0.338 e. The van der Waals surface area contributed by atoms with E-state index in [9.17, 15) is 9.59 Å². The van der Waals surface area contributed by atoms with Gasteiger partial charge >= 0.3 is 5.97 Å². The van der Waals surface area contributed by atoms with E-state index in [1.807, 2.05) is 6.92 Å². The van der Waals surface area contributed by atoms with Crippen LogP contribution in [0.25, 0.3) is 0 Å². The number of hydrogen-bond acceptors (Lipinski definition) is 5.